The second-order valence-electron chi connectivity index (χ2n) is 5.11. The maximum atomic E-state index is 12.6. The molecular weight excluding hydrogens is 319 g/mol. The van der Waals surface area contributed by atoms with Gasteiger partial charge in [0.25, 0.3) is 0 Å². The highest BCUT2D eigenvalue weighted by Gasteiger charge is 2.19. The van der Waals surface area contributed by atoms with E-state index in [4.69, 9.17) is 23.2 Å². The molecule has 0 saturated heterocycles. The van der Waals surface area contributed by atoms with Crippen LogP contribution < -0.4 is 4.90 Å². The standard InChI is InChI=1S/C17H18Cl2N2O/c1-20(2)17(22)21(15-7-3-13(11-18)4-8-15)16-9-5-14(12-19)6-10-16/h3-10H,11-12H2,1-2H3. The lowest BCUT2D eigenvalue weighted by Crippen LogP contribution is -2.35. The van der Waals surface area contributed by atoms with Crippen molar-refractivity contribution >= 4 is 40.6 Å². The minimum atomic E-state index is -0.114. The summed E-state index contributed by atoms with van der Waals surface area (Å²) < 4.78 is 0. The number of hydrogen-bond donors (Lipinski definition) is 0. The van der Waals surface area contributed by atoms with Gasteiger partial charge in [0.15, 0.2) is 0 Å². The molecule has 0 bridgehead atoms. The lowest BCUT2D eigenvalue weighted by Gasteiger charge is -2.26. The highest BCUT2D eigenvalue weighted by molar-refractivity contribution is 6.17. The Morgan fingerprint density at radius 3 is 1.45 bits per heavy atom. The Morgan fingerprint density at radius 1 is 0.818 bits per heavy atom. The van der Waals surface area contributed by atoms with Crippen molar-refractivity contribution in [2.24, 2.45) is 0 Å². The van der Waals surface area contributed by atoms with E-state index < -0.39 is 0 Å². The number of rotatable bonds is 4. The summed E-state index contributed by atoms with van der Waals surface area (Å²) in [6, 6.07) is 15.2. The van der Waals surface area contributed by atoms with Crippen LogP contribution in [0.25, 0.3) is 0 Å². The predicted molar refractivity (Wildman–Crippen MR) is 93.2 cm³/mol. The maximum Gasteiger partial charge on any atom is 0.328 e. The summed E-state index contributed by atoms with van der Waals surface area (Å²) in [5, 5.41) is 0. The molecule has 0 N–H and O–H groups in total. The number of alkyl halides is 2. The zero-order valence-electron chi connectivity index (χ0n) is 12.6. The highest BCUT2D eigenvalue weighted by Crippen LogP contribution is 2.27. The van der Waals surface area contributed by atoms with Gasteiger partial charge in [-0.05, 0) is 35.4 Å². The third-order valence-corrected chi connectivity index (χ3v) is 3.89. The Bertz CT molecular complexity index is 577. The average Bonchev–Trinajstić information content (AvgIpc) is 2.56. The summed E-state index contributed by atoms with van der Waals surface area (Å²) in [7, 11) is 3.46. The van der Waals surface area contributed by atoms with E-state index in [1.165, 1.54) is 0 Å². The monoisotopic (exact) mass is 336 g/mol. The van der Waals surface area contributed by atoms with Crippen molar-refractivity contribution in [2.75, 3.05) is 19.0 Å². The second kappa shape index (κ2) is 7.52. The molecule has 2 aromatic rings. The molecule has 0 unspecified atom stereocenters. The molecule has 0 saturated carbocycles. The van der Waals surface area contributed by atoms with Gasteiger partial charge in [-0.3, -0.25) is 4.90 Å². The van der Waals surface area contributed by atoms with Crippen LogP contribution in [0.4, 0.5) is 16.2 Å². The van der Waals surface area contributed by atoms with E-state index in [9.17, 15) is 4.79 Å². The van der Waals surface area contributed by atoms with Crippen LogP contribution in [0.2, 0.25) is 0 Å². The molecule has 0 atom stereocenters. The van der Waals surface area contributed by atoms with Gasteiger partial charge in [-0.25, -0.2) is 4.79 Å². The van der Waals surface area contributed by atoms with Gasteiger partial charge >= 0.3 is 6.03 Å². The van der Waals surface area contributed by atoms with Gasteiger partial charge in [-0.2, -0.15) is 0 Å². The second-order valence-corrected chi connectivity index (χ2v) is 5.65. The van der Waals surface area contributed by atoms with Crippen molar-refractivity contribution in [1.82, 2.24) is 4.90 Å². The Kier molecular flexibility index (Phi) is 5.69. The van der Waals surface area contributed by atoms with Crippen molar-refractivity contribution in [3.63, 3.8) is 0 Å². The lowest BCUT2D eigenvalue weighted by molar-refractivity contribution is 0.226. The van der Waals surface area contributed by atoms with Crippen LogP contribution in [0.15, 0.2) is 48.5 Å². The van der Waals surface area contributed by atoms with Crippen LogP contribution in [-0.4, -0.2) is 25.0 Å². The molecule has 0 heterocycles. The minimum Gasteiger partial charge on any atom is -0.330 e. The van der Waals surface area contributed by atoms with Crippen LogP contribution in [-0.2, 0) is 11.8 Å². The molecule has 0 aromatic heterocycles. The Labute approximate surface area is 141 Å². The normalized spacial score (nSPS) is 10.4. The Hall–Kier alpha value is -1.71. The summed E-state index contributed by atoms with van der Waals surface area (Å²) in [5.74, 6) is 0.901. The molecule has 0 radical (unpaired) electrons. The number of amides is 2. The quantitative estimate of drug-likeness (QED) is 0.722. The van der Waals surface area contributed by atoms with Gasteiger partial charge < -0.3 is 4.90 Å². The third-order valence-electron chi connectivity index (χ3n) is 3.27. The van der Waals surface area contributed by atoms with Crippen LogP contribution in [0, 0.1) is 0 Å². The molecular formula is C17H18Cl2N2O. The van der Waals surface area contributed by atoms with Crippen molar-refractivity contribution < 1.29 is 4.79 Å². The molecule has 116 valence electrons. The average molecular weight is 337 g/mol. The number of carbonyl (C=O) groups excluding carboxylic acids is 1. The molecule has 22 heavy (non-hydrogen) atoms. The molecule has 0 spiro atoms. The third kappa shape index (κ3) is 3.73. The number of urea groups is 1. The molecule has 2 aromatic carbocycles. The van der Waals surface area contributed by atoms with Gasteiger partial charge in [-0.1, -0.05) is 24.3 Å². The fourth-order valence-corrected chi connectivity index (χ4v) is 2.39. The van der Waals surface area contributed by atoms with E-state index in [0.29, 0.717) is 11.8 Å². The first-order chi connectivity index (χ1) is 10.6. The van der Waals surface area contributed by atoms with Crippen molar-refractivity contribution in [3.8, 4) is 0 Å². The molecule has 3 nitrogen and oxygen atoms in total. The predicted octanol–water partition coefficient (Wildman–Crippen LogP) is 4.98. The minimum absolute atomic E-state index is 0.114. The molecule has 0 aliphatic carbocycles. The Balaban J connectivity index is 2.42. The molecule has 5 heteroatoms. The van der Waals surface area contributed by atoms with Gasteiger partial charge in [0.05, 0.1) is 11.4 Å². The van der Waals surface area contributed by atoms with E-state index in [1.807, 2.05) is 48.5 Å². The van der Waals surface area contributed by atoms with Crippen LogP contribution in [0.3, 0.4) is 0 Å². The fraction of sp³-hybridized carbons (Fsp3) is 0.235. The van der Waals surface area contributed by atoms with Crippen LogP contribution in [0.1, 0.15) is 11.1 Å². The van der Waals surface area contributed by atoms with Gasteiger partial charge in [0.1, 0.15) is 0 Å². The van der Waals surface area contributed by atoms with Crippen LogP contribution in [0.5, 0.6) is 0 Å². The number of nitrogens with zero attached hydrogens (tertiary/aromatic N) is 2. The number of hydrogen-bond acceptors (Lipinski definition) is 1. The first kappa shape index (κ1) is 16.7. The first-order valence-electron chi connectivity index (χ1n) is 6.88. The summed E-state index contributed by atoms with van der Waals surface area (Å²) in [6.07, 6.45) is 0. The summed E-state index contributed by atoms with van der Waals surface area (Å²) in [5.41, 5.74) is 3.62. The molecule has 2 rings (SSSR count). The van der Waals surface area contributed by atoms with Crippen molar-refractivity contribution in [1.29, 1.82) is 0 Å². The summed E-state index contributed by atoms with van der Waals surface area (Å²) in [6.45, 7) is 0. The number of anilines is 2. The zero-order chi connectivity index (χ0) is 16.1. The van der Waals surface area contributed by atoms with E-state index >= 15 is 0 Å². The maximum absolute atomic E-state index is 12.6. The topological polar surface area (TPSA) is 23.6 Å². The van der Waals surface area contributed by atoms with Crippen molar-refractivity contribution in [2.45, 2.75) is 11.8 Å². The van der Waals surface area contributed by atoms with E-state index in [2.05, 4.69) is 0 Å². The molecule has 2 amide bonds. The number of carbonyl (C=O) groups is 1. The summed E-state index contributed by atoms with van der Waals surface area (Å²) in [4.78, 5) is 15.8. The SMILES string of the molecule is CN(C)C(=O)N(c1ccc(CCl)cc1)c1ccc(CCl)cc1. The van der Waals surface area contributed by atoms with E-state index in [0.717, 1.165) is 22.5 Å². The van der Waals surface area contributed by atoms with Gasteiger partial charge in [0, 0.05) is 25.9 Å². The first-order valence-corrected chi connectivity index (χ1v) is 7.95. The highest BCUT2D eigenvalue weighted by atomic mass is 35.5. The molecule has 0 aliphatic heterocycles. The zero-order valence-corrected chi connectivity index (χ0v) is 14.1. The van der Waals surface area contributed by atoms with Gasteiger partial charge in [-0.15, -0.1) is 23.2 Å². The Morgan fingerprint density at radius 2 is 1.18 bits per heavy atom. The van der Waals surface area contributed by atoms with E-state index in [1.54, 1.807) is 23.9 Å². The molecule has 0 aliphatic rings. The lowest BCUT2D eigenvalue weighted by atomic mass is 10.1. The fourth-order valence-electron chi connectivity index (χ4n) is 2.04. The van der Waals surface area contributed by atoms with Crippen molar-refractivity contribution in [3.05, 3.63) is 59.7 Å². The number of benzene rings is 2. The largest absolute Gasteiger partial charge is 0.330 e. The molecule has 0 fully saturated rings. The smallest absolute Gasteiger partial charge is 0.328 e. The summed E-state index contributed by atoms with van der Waals surface area (Å²) >= 11 is 11.6. The number of halogens is 2. The van der Waals surface area contributed by atoms with E-state index in [-0.39, 0.29) is 6.03 Å². The van der Waals surface area contributed by atoms with Gasteiger partial charge in [0.2, 0.25) is 0 Å². The van der Waals surface area contributed by atoms with Crippen LogP contribution >= 0.6 is 23.2 Å².